The quantitative estimate of drug-likeness (QED) is 0.847. The van der Waals surface area contributed by atoms with Crippen LogP contribution in [0.2, 0.25) is 5.02 Å². The van der Waals surface area contributed by atoms with Crippen molar-refractivity contribution in [3.05, 3.63) is 35.0 Å². The first-order valence-corrected chi connectivity index (χ1v) is 7.63. The van der Waals surface area contributed by atoms with Crippen LogP contribution in [0.1, 0.15) is 31.3 Å². The highest BCUT2D eigenvalue weighted by Crippen LogP contribution is 2.38. The number of thiazole rings is 1. The molecule has 1 aromatic heterocycles. The number of nitrogens with zero attached hydrogens (tertiary/aromatic N) is 1. The van der Waals surface area contributed by atoms with Crippen molar-refractivity contribution in [2.45, 2.75) is 26.3 Å². The van der Waals surface area contributed by atoms with E-state index in [1.807, 2.05) is 39.0 Å². The average Bonchev–Trinajstić information content (AvgIpc) is 2.79. The molecule has 0 spiro atoms. The minimum atomic E-state index is -0.469. The highest BCUT2D eigenvalue weighted by atomic mass is 35.5. The largest absolute Gasteiger partial charge is 0.464 e. The molecule has 4 nitrogen and oxygen atoms in total. The third kappa shape index (κ3) is 3.74. The topological polar surface area (TPSA) is 51.2 Å². The molecule has 1 aromatic carbocycles. The van der Waals surface area contributed by atoms with Crippen molar-refractivity contribution < 1.29 is 9.53 Å². The summed E-state index contributed by atoms with van der Waals surface area (Å²) in [5.74, 6) is -0.469. The Morgan fingerprint density at radius 3 is 2.57 bits per heavy atom. The summed E-state index contributed by atoms with van der Waals surface area (Å²) >= 11 is 7.62. The molecule has 0 amide bonds. The van der Waals surface area contributed by atoms with E-state index >= 15 is 0 Å². The van der Waals surface area contributed by atoms with Gasteiger partial charge in [0, 0.05) is 16.1 Å². The van der Waals surface area contributed by atoms with E-state index < -0.39 is 5.97 Å². The van der Waals surface area contributed by atoms with Crippen LogP contribution < -0.4 is 5.32 Å². The average molecular weight is 325 g/mol. The fourth-order valence-corrected chi connectivity index (χ4v) is 3.24. The monoisotopic (exact) mass is 324 g/mol. The minimum absolute atomic E-state index is 0.150. The molecule has 0 aliphatic rings. The van der Waals surface area contributed by atoms with Gasteiger partial charge in [0.25, 0.3) is 0 Å². The van der Waals surface area contributed by atoms with Crippen molar-refractivity contribution in [3.8, 4) is 10.4 Å². The summed E-state index contributed by atoms with van der Waals surface area (Å²) < 4.78 is 4.82. The Morgan fingerprint density at radius 2 is 2.00 bits per heavy atom. The molecular formula is C15H17ClN2O2S. The maximum absolute atomic E-state index is 11.9. The molecule has 0 aliphatic carbocycles. The summed E-state index contributed by atoms with van der Waals surface area (Å²) in [6.07, 6.45) is 0. The van der Waals surface area contributed by atoms with Crippen LogP contribution in [0.4, 0.5) is 5.13 Å². The van der Waals surface area contributed by atoms with Crippen LogP contribution in [-0.4, -0.2) is 23.6 Å². The third-order valence-corrected chi connectivity index (χ3v) is 3.94. The Labute approximate surface area is 133 Å². The molecule has 0 bridgehead atoms. The van der Waals surface area contributed by atoms with E-state index in [1.54, 1.807) is 6.07 Å². The van der Waals surface area contributed by atoms with Gasteiger partial charge in [0.05, 0.1) is 12.0 Å². The lowest BCUT2D eigenvalue weighted by Crippen LogP contribution is -2.25. The molecule has 21 heavy (non-hydrogen) atoms. The van der Waals surface area contributed by atoms with E-state index in [0.29, 0.717) is 15.0 Å². The van der Waals surface area contributed by atoms with Gasteiger partial charge in [0.2, 0.25) is 0 Å². The number of esters is 1. The van der Waals surface area contributed by atoms with Gasteiger partial charge in [-0.2, -0.15) is 0 Å². The first-order chi connectivity index (χ1) is 9.81. The van der Waals surface area contributed by atoms with Crippen molar-refractivity contribution >= 4 is 34.0 Å². The van der Waals surface area contributed by atoms with Gasteiger partial charge in [-0.1, -0.05) is 41.1 Å². The number of hydrogen-bond donors (Lipinski definition) is 1. The molecular weight excluding hydrogens is 308 g/mol. The fraction of sp³-hybridized carbons (Fsp3) is 0.333. The molecule has 2 rings (SSSR count). The molecule has 0 fully saturated rings. The Hall–Kier alpha value is -1.59. The lowest BCUT2D eigenvalue weighted by Gasteiger charge is -2.19. The van der Waals surface area contributed by atoms with Crippen LogP contribution in [0.3, 0.4) is 0 Å². The number of halogens is 1. The molecule has 0 atom stereocenters. The molecule has 0 radical (unpaired) electrons. The summed E-state index contributed by atoms with van der Waals surface area (Å²) in [6, 6.07) is 7.37. The molecule has 0 aliphatic heterocycles. The van der Waals surface area contributed by atoms with E-state index in [4.69, 9.17) is 16.3 Å². The number of aromatic nitrogens is 1. The first kappa shape index (κ1) is 15.8. The number of benzene rings is 1. The zero-order valence-electron chi connectivity index (χ0n) is 12.4. The van der Waals surface area contributed by atoms with Crippen LogP contribution in [0.25, 0.3) is 10.4 Å². The number of carbonyl (C=O) groups is 1. The fourth-order valence-electron chi connectivity index (χ4n) is 1.76. The second kappa shape index (κ2) is 6.03. The standard InChI is InChI=1S/C15H17ClN2O2S/c1-15(2,3)18-14-17-11(13(19)20-4)12(21-14)9-7-5-6-8-10(9)16/h5-8H,1-4H3,(H,17,18). The number of ether oxygens (including phenoxy) is 1. The van der Waals surface area contributed by atoms with E-state index in [1.165, 1.54) is 18.4 Å². The van der Waals surface area contributed by atoms with Crippen LogP contribution in [0.15, 0.2) is 24.3 Å². The lowest BCUT2D eigenvalue weighted by atomic mass is 10.1. The zero-order chi connectivity index (χ0) is 15.6. The predicted octanol–water partition coefficient (Wildman–Crippen LogP) is 4.46. The first-order valence-electron chi connectivity index (χ1n) is 6.44. The molecule has 0 saturated heterocycles. The van der Waals surface area contributed by atoms with Crippen molar-refractivity contribution in [1.29, 1.82) is 0 Å². The van der Waals surface area contributed by atoms with Crippen molar-refractivity contribution in [3.63, 3.8) is 0 Å². The minimum Gasteiger partial charge on any atom is -0.464 e. The van der Waals surface area contributed by atoms with Crippen LogP contribution in [0, 0.1) is 0 Å². The second-order valence-electron chi connectivity index (χ2n) is 5.54. The lowest BCUT2D eigenvalue weighted by molar-refractivity contribution is 0.0596. The summed E-state index contributed by atoms with van der Waals surface area (Å²) in [5.41, 5.74) is 0.907. The highest BCUT2D eigenvalue weighted by Gasteiger charge is 2.23. The van der Waals surface area contributed by atoms with Gasteiger partial charge in [-0.15, -0.1) is 0 Å². The van der Waals surface area contributed by atoms with E-state index in [9.17, 15) is 4.79 Å². The SMILES string of the molecule is COC(=O)c1nc(NC(C)(C)C)sc1-c1ccccc1Cl. The van der Waals surface area contributed by atoms with Gasteiger partial charge in [-0.3, -0.25) is 0 Å². The number of anilines is 1. The Bertz CT molecular complexity index is 662. The molecule has 0 saturated carbocycles. The Balaban J connectivity index is 2.53. The highest BCUT2D eigenvalue weighted by molar-refractivity contribution is 7.19. The number of rotatable bonds is 3. The maximum atomic E-state index is 11.9. The van der Waals surface area contributed by atoms with Gasteiger partial charge in [-0.25, -0.2) is 9.78 Å². The van der Waals surface area contributed by atoms with Crippen LogP contribution in [-0.2, 0) is 4.74 Å². The summed E-state index contributed by atoms with van der Waals surface area (Å²) in [5, 5.41) is 4.51. The molecule has 1 heterocycles. The van der Waals surface area contributed by atoms with Crippen molar-refractivity contribution in [1.82, 2.24) is 4.98 Å². The predicted molar refractivity (Wildman–Crippen MR) is 87.3 cm³/mol. The second-order valence-corrected chi connectivity index (χ2v) is 6.95. The van der Waals surface area contributed by atoms with Crippen LogP contribution in [0.5, 0.6) is 0 Å². The summed E-state index contributed by atoms with van der Waals surface area (Å²) in [4.78, 5) is 17.0. The number of methoxy groups -OCH3 is 1. The number of hydrogen-bond acceptors (Lipinski definition) is 5. The van der Waals surface area contributed by atoms with E-state index in [-0.39, 0.29) is 11.2 Å². The molecule has 1 N–H and O–H groups in total. The van der Waals surface area contributed by atoms with E-state index in [0.717, 1.165) is 5.56 Å². The van der Waals surface area contributed by atoms with Gasteiger partial charge >= 0.3 is 5.97 Å². The normalized spacial score (nSPS) is 11.3. The van der Waals surface area contributed by atoms with E-state index in [2.05, 4.69) is 10.3 Å². The summed E-state index contributed by atoms with van der Waals surface area (Å²) in [6.45, 7) is 6.09. The smallest absolute Gasteiger partial charge is 0.358 e. The molecule has 112 valence electrons. The van der Waals surface area contributed by atoms with Gasteiger partial charge in [0.15, 0.2) is 10.8 Å². The zero-order valence-corrected chi connectivity index (χ0v) is 13.9. The van der Waals surface area contributed by atoms with Crippen molar-refractivity contribution in [2.75, 3.05) is 12.4 Å². The Kier molecular flexibility index (Phi) is 4.54. The number of carbonyl (C=O) groups excluding carboxylic acids is 1. The van der Waals surface area contributed by atoms with Gasteiger partial charge in [-0.05, 0) is 26.8 Å². The third-order valence-electron chi connectivity index (χ3n) is 2.61. The summed E-state index contributed by atoms with van der Waals surface area (Å²) in [7, 11) is 1.34. The van der Waals surface area contributed by atoms with Gasteiger partial charge < -0.3 is 10.1 Å². The van der Waals surface area contributed by atoms with Crippen LogP contribution >= 0.6 is 22.9 Å². The van der Waals surface area contributed by atoms with Gasteiger partial charge in [0.1, 0.15) is 0 Å². The molecule has 2 aromatic rings. The maximum Gasteiger partial charge on any atom is 0.358 e. The van der Waals surface area contributed by atoms with Crippen molar-refractivity contribution in [2.24, 2.45) is 0 Å². The number of nitrogens with one attached hydrogen (secondary N) is 1. The molecule has 0 unspecified atom stereocenters. The molecule has 6 heteroatoms. The Morgan fingerprint density at radius 1 is 1.33 bits per heavy atom.